The van der Waals surface area contributed by atoms with Gasteiger partial charge in [0, 0.05) is 5.56 Å². The van der Waals surface area contributed by atoms with Crippen LogP contribution in [0.1, 0.15) is 10.4 Å². The zero-order chi connectivity index (χ0) is 27.4. The Bertz CT molecular complexity index is 1290. The summed E-state index contributed by atoms with van der Waals surface area (Å²) < 4.78 is 32.7. The van der Waals surface area contributed by atoms with E-state index in [1.54, 1.807) is 12.1 Å². The van der Waals surface area contributed by atoms with Crippen LogP contribution in [0.3, 0.4) is 0 Å². The van der Waals surface area contributed by atoms with Crippen LogP contribution < -0.4 is 40.1 Å². The minimum Gasteiger partial charge on any atom is -0.290 e. The van der Waals surface area contributed by atoms with E-state index in [0.29, 0.717) is 11.0 Å². The maximum Gasteiger partial charge on any atom is 0.258 e. The van der Waals surface area contributed by atoms with Crippen molar-refractivity contribution in [2.24, 2.45) is 5.11 Å². The van der Waals surface area contributed by atoms with Gasteiger partial charge in [-0.15, -0.1) is 0 Å². The fraction of sp³-hybridized carbons (Fsp3) is 0. The monoisotopic (exact) mass is 550 g/mol. The lowest BCUT2D eigenvalue weighted by molar-refractivity contribution is -1.92. The average molecular weight is 551 g/mol. The summed E-state index contributed by atoms with van der Waals surface area (Å²) in [5.74, 6) is -0.241. The molecule has 0 saturated heterocycles. The lowest BCUT2D eigenvalue weighted by Gasteiger charge is -2.28. The quantitative estimate of drug-likeness (QED) is 0.174. The van der Waals surface area contributed by atoms with Crippen molar-refractivity contribution >= 4 is 29.1 Å². The third-order valence-corrected chi connectivity index (χ3v) is 9.48. The van der Waals surface area contributed by atoms with Gasteiger partial charge >= 0.3 is 0 Å². The van der Waals surface area contributed by atoms with Gasteiger partial charge in [-0.1, -0.05) is 72.8 Å². The Balaban J connectivity index is 0.000000732. The standard InChI is InChI=1S/C27H22N4OP.ClHO4/c28-31-29-21-26(30-27(32)22-13-5-1-6-14-22)33(23-15-7-2-8-16-23,24-17-9-3-10-18-24)25-19-11-4-12-20-25;2-1(3,4)5/h1-21,28H;(H,2,3,4,5)/q+1;/p+1. The highest BCUT2D eigenvalue weighted by Gasteiger charge is 2.51. The number of hydrogen-bond acceptors (Lipinski definition) is 7. The number of rotatable bonds is 7. The maximum absolute atomic E-state index is 13.3. The van der Waals surface area contributed by atoms with Crippen molar-refractivity contribution in [1.29, 1.82) is 5.53 Å². The molecule has 0 aromatic heterocycles. The molecule has 0 aliphatic heterocycles. The Morgan fingerprint density at radius 1 is 0.763 bits per heavy atom. The normalized spacial score (nSPS) is 11.4. The van der Waals surface area contributed by atoms with Gasteiger partial charge in [0.1, 0.15) is 21.4 Å². The van der Waals surface area contributed by atoms with Crippen molar-refractivity contribution in [3.05, 3.63) is 139 Å². The molecule has 1 amide bonds. The minimum atomic E-state index is -4.69. The molecular formula is C27H24ClN4O5P+2. The first-order chi connectivity index (χ1) is 18.3. The van der Waals surface area contributed by atoms with Crippen LogP contribution >= 0.6 is 7.26 Å². The van der Waals surface area contributed by atoms with Gasteiger partial charge in [-0.2, -0.15) is 14.0 Å². The summed E-state index contributed by atoms with van der Waals surface area (Å²) in [4.78, 5) is 16.5. The predicted molar refractivity (Wildman–Crippen MR) is 137 cm³/mol. The molecule has 0 radical (unpaired) electrons. The highest BCUT2D eigenvalue weighted by Crippen LogP contribution is 2.61. The molecule has 0 fully saturated rings. The number of carbonyl (C=O) groups is 1. The molecule has 0 aliphatic carbocycles. The molecule has 4 aromatic carbocycles. The Hall–Kier alpha value is -4.04. The van der Waals surface area contributed by atoms with Crippen LogP contribution in [0.4, 0.5) is 0 Å². The molecule has 0 spiro atoms. The summed E-state index contributed by atoms with van der Waals surface area (Å²) in [5, 5.41) is 10.2. The van der Waals surface area contributed by atoms with E-state index in [2.05, 4.69) is 51.7 Å². The second-order valence-electron chi connectivity index (χ2n) is 7.62. The Kier molecular flexibility index (Phi) is 10.1. The second-order valence-corrected chi connectivity index (χ2v) is 11.8. The first-order valence-electron chi connectivity index (χ1n) is 11.1. The van der Waals surface area contributed by atoms with E-state index in [4.69, 9.17) is 24.2 Å². The first kappa shape index (κ1) is 28.5. The number of halogens is 1. The van der Waals surface area contributed by atoms with Crippen LogP contribution in [-0.4, -0.2) is 10.6 Å². The molecule has 192 valence electrons. The summed E-state index contributed by atoms with van der Waals surface area (Å²) >= 11 is 0. The SMILES string of the molecule is N=[N+]=N/C=C(\NC(=O)c1ccccc1)[P+](c1ccccc1)(c1ccccc1)c1ccccc1.[O-][Cl+3]([O-])([O-])O. The summed E-state index contributed by atoms with van der Waals surface area (Å²) in [5.41, 5.74) is 8.42. The first-order valence-corrected chi connectivity index (χ1v) is 14.1. The van der Waals surface area contributed by atoms with Crippen LogP contribution in [0, 0.1) is 15.8 Å². The van der Waals surface area contributed by atoms with E-state index < -0.39 is 17.5 Å². The molecule has 0 aliphatic rings. The zero-order valence-corrected chi connectivity index (χ0v) is 21.6. The molecule has 3 N–H and O–H groups in total. The van der Waals surface area contributed by atoms with Crippen molar-refractivity contribution in [2.45, 2.75) is 0 Å². The Morgan fingerprint density at radius 2 is 1.11 bits per heavy atom. The van der Waals surface area contributed by atoms with Gasteiger partial charge in [-0.3, -0.25) is 10.1 Å². The number of hydrogen-bond donors (Lipinski definition) is 3. The fourth-order valence-electron chi connectivity index (χ4n) is 3.88. The molecule has 38 heavy (non-hydrogen) atoms. The predicted octanol–water partition coefficient (Wildman–Crippen LogP) is 0.636. The Labute approximate surface area is 222 Å². The lowest BCUT2D eigenvalue weighted by atomic mass is 10.2. The fourth-order valence-corrected chi connectivity index (χ4v) is 7.96. The molecular weight excluding hydrogens is 527 g/mol. The van der Waals surface area contributed by atoms with Crippen LogP contribution in [-0.2, 0) is 0 Å². The average Bonchev–Trinajstić information content (AvgIpc) is 2.93. The third-order valence-electron chi connectivity index (χ3n) is 5.31. The zero-order valence-electron chi connectivity index (χ0n) is 19.9. The van der Waals surface area contributed by atoms with Gasteiger partial charge in [0.15, 0.2) is 18.6 Å². The number of nitrogens with one attached hydrogen (secondary N) is 2. The molecule has 0 unspecified atom stereocenters. The number of nitrogens with zero attached hydrogens (tertiary/aromatic N) is 2. The number of amides is 1. The van der Waals surface area contributed by atoms with Gasteiger partial charge in [-0.25, -0.2) is 0 Å². The van der Waals surface area contributed by atoms with Crippen molar-refractivity contribution in [1.82, 2.24) is 10.2 Å². The molecule has 4 rings (SSSR count). The van der Waals surface area contributed by atoms with Crippen molar-refractivity contribution in [2.75, 3.05) is 0 Å². The van der Waals surface area contributed by atoms with Crippen LogP contribution in [0.15, 0.2) is 138 Å². The molecule has 0 bridgehead atoms. The van der Waals surface area contributed by atoms with Crippen LogP contribution in [0.25, 0.3) is 0 Å². The smallest absolute Gasteiger partial charge is 0.258 e. The van der Waals surface area contributed by atoms with Crippen LogP contribution in [0.5, 0.6) is 0 Å². The lowest BCUT2D eigenvalue weighted by Crippen LogP contribution is -2.58. The van der Waals surface area contributed by atoms with E-state index in [0.717, 1.165) is 15.9 Å². The molecule has 11 heteroatoms. The minimum absolute atomic E-state index is 0.241. The highest BCUT2D eigenvalue weighted by atomic mass is 35.7. The van der Waals surface area contributed by atoms with E-state index in [1.807, 2.05) is 72.8 Å². The maximum atomic E-state index is 13.3. The van der Waals surface area contributed by atoms with E-state index in [9.17, 15) is 4.79 Å². The Morgan fingerprint density at radius 3 is 1.45 bits per heavy atom. The topological polar surface area (TPSA) is 169 Å². The highest BCUT2D eigenvalue weighted by molar-refractivity contribution is 7.99. The third kappa shape index (κ3) is 7.49. The summed E-state index contributed by atoms with van der Waals surface area (Å²) in [6, 6.07) is 39.5. The number of carbonyl (C=O) groups excluding carboxylic acids is 1. The number of benzene rings is 4. The van der Waals surface area contributed by atoms with Crippen LogP contribution in [0.2, 0.25) is 0 Å². The molecule has 0 heterocycles. The summed E-state index contributed by atoms with van der Waals surface area (Å²) in [6.45, 7) is 0. The largest absolute Gasteiger partial charge is 0.290 e. The van der Waals surface area contributed by atoms with Gasteiger partial charge in [0.2, 0.25) is 10.3 Å². The van der Waals surface area contributed by atoms with Crippen molar-refractivity contribution in [3.63, 3.8) is 0 Å². The van der Waals surface area contributed by atoms with E-state index in [-0.39, 0.29) is 5.91 Å². The van der Waals surface area contributed by atoms with Crippen molar-refractivity contribution in [3.8, 4) is 0 Å². The van der Waals surface area contributed by atoms with Gasteiger partial charge < -0.3 is 0 Å². The van der Waals surface area contributed by atoms with Gasteiger partial charge in [0.05, 0.1) is 14.9 Å². The van der Waals surface area contributed by atoms with Gasteiger partial charge in [0.25, 0.3) is 5.91 Å². The van der Waals surface area contributed by atoms with E-state index >= 15 is 0 Å². The second kappa shape index (κ2) is 13.5. The van der Waals surface area contributed by atoms with Gasteiger partial charge in [-0.05, 0) is 48.5 Å². The van der Waals surface area contributed by atoms with E-state index in [1.165, 1.54) is 6.20 Å². The molecule has 0 atom stereocenters. The molecule has 0 saturated carbocycles. The summed E-state index contributed by atoms with van der Waals surface area (Å²) in [7, 11) is -7.27. The van der Waals surface area contributed by atoms with Crippen molar-refractivity contribution < 1.29 is 33.7 Å². The molecule has 9 nitrogen and oxygen atoms in total. The molecule has 4 aromatic rings. The summed E-state index contributed by atoms with van der Waals surface area (Å²) in [6.07, 6.45) is 1.51.